The fourth-order valence-electron chi connectivity index (χ4n) is 0. The fourth-order valence-corrected chi connectivity index (χ4v) is 0. The minimum Gasteiger partial charge on any atom is -1.00 e. The van der Waals surface area contributed by atoms with E-state index in [-0.39, 0.29) is 79.4 Å². The molecule has 0 saturated carbocycles. The molecule has 0 nitrogen and oxygen atoms in total. The van der Waals surface area contributed by atoms with Gasteiger partial charge in [-0.3, -0.25) is 0 Å². The minimum absolute atomic E-state index is 0. The molecular weight excluding hydrogens is 335 g/mol. The van der Waals surface area contributed by atoms with Gasteiger partial charge in [0.25, 0.3) is 0 Å². The first-order valence-corrected chi connectivity index (χ1v) is 0. The maximum atomic E-state index is 0. The van der Waals surface area contributed by atoms with Crippen molar-refractivity contribution in [3.8, 4) is 0 Å². The molecule has 0 aromatic heterocycles. The largest absolute Gasteiger partial charge is 5.00 e. The first-order valence-electron chi connectivity index (χ1n) is 0. The molecule has 5 heteroatoms. The smallest absolute Gasteiger partial charge is 1.00 e. The maximum absolute atomic E-state index is 0. The van der Waals surface area contributed by atoms with Gasteiger partial charge in [-0.1, -0.05) is 0 Å². The predicted octanol–water partition coefficient (Wildman–Crippen LogP) is -11.5. The summed E-state index contributed by atoms with van der Waals surface area (Å²) in [5.41, 5.74) is 0. The fraction of sp³-hybridized carbons (Fsp3) is 0. The van der Waals surface area contributed by atoms with Crippen LogP contribution in [0.2, 0.25) is 0 Å². The van der Waals surface area contributed by atoms with Crippen molar-refractivity contribution in [3.05, 3.63) is 7.43 Å². The number of rotatable bonds is 0. The maximum Gasteiger partial charge on any atom is 5.00 e. The standard InChI is InChI=1S/CH3.4ClH.Ta/h1H3;4*1H;/q-1;;;;;+5/p-4. The van der Waals surface area contributed by atoms with Crippen molar-refractivity contribution >= 4 is 0 Å². The van der Waals surface area contributed by atoms with Gasteiger partial charge in [0.15, 0.2) is 0 Å². The number of hydrogen-bond donors (Lipinski definition) is 0. The first-order chi connectivity index (χ1) is 0. The molecule has 0 aliphatic carbocycles. The molecule has 0 unspecified atom stereocenters. The van der Waals surface area contributed by atoms with Gasteiger partial charge in [-0.2, -0.15) is 0 Å². The quantitative estimate of drug-likeness (QED) is 0.385. The van der Waals surface area contributed by atoms with Crippen molar-refractivity contribution in [2.24, 2.45) is 0 Å². The monoisotopic (exact) mass is 336 g/mol. The van der Waals surface area contributed by atoms with Crippen LogP contribution in [0.15, 0.2) is 0 Å². The summed E-state index contributed by atoms with van der Waals surface area (Å²) in [6.45, 7) is 0. The van der Waals surface area contributed by atoms with Gasteiger partial charge in [-0.15, -0.1) is 0 Å². The van der Waals surface area contributed by atoms with Gasteiger partial charge >= 0.3 is 22.4 Å². The van der Waals surface area contributed by atoms with E-state index >= 15 is 0 Å². The van der Waals surface area contributed by atoms with Crippen molar-refractivity contribution in [2.75, 3.05) is 0 Å². The van der Waals surface area contributed by atoms with Gasteiger partial charge in [-0.25, -0.2) is 0 Å². The van der Waals surface area contributed by atoms with Crippen molar-refractivity contribution in [1.82, 2.24) is 0 Å². The molecule has 0 aromatic rings. The summed E-state index contributed by atoms with van der Waals surface area (Å²) < 4.78 is 0. The summed E-state index contributed by atoms with van der Waals surface area (Å²) >= 11 is 0. The molecule has 0 bridgehead atoms. The Morgan fingerprint density at radius 3 is 0.500 bits per heavy atom. The zero-order chi connectivity index (χ0) is 0. The Labute approximate surface area is 79.0 Å². The van der Waals surface area contributed by atoms with Gasteiger partial charge in [0.05, 0.1) is 0 Å². The molecule has 0 fully saturated rings. The molecule has 40 valence electrons. The van der Waals surface area contributed by atoms with Crippen LogP contribution in [0.3, 0.4) is 0 Å². The van der Waals surface area contributed by atoms with Crippen LogP contribution >= 0.6 is 0 Å². The zero-order valence-corrected chi connectivity index (χ0v) is 9.20. The van der Waals surface area contributed by atoms with Crippen LogP contribution in [0.25, 0.3) is 0 Å². The summed E-state index contributed by atoms with van der Waals surface area (Å²) in [6.07, 6.45) is 0. The van der Waals surface area contributed by atoms with E-state index < -0.39 is 0 Å². The van der Waals surface area contributed by atoms with E-state index in [1.807, 2.05) is 0 Å². The second kappa shape index (κ2) is 66.5. The van der Waals surface area contributed by atoms with Gasteiger partial charge in [-0.05, 0) is 0 Å². The van der Waals surface area contributed by atoms with E-state index in [0.717, 1.165) is 0 Å². The normalized spacial score (nSPS) is 0. The minimum atomic E-state index is 0. The molecule has 0 radical (unpaired) electrons. The molecule has 0 rings (SSSR count). The average molecular weight is 338 g/mol. The molecule has 0 aromatic carbocycles. The van der Waals surface area contributed by atoms with E-state index in [2.05, 4.69) is 0 Å². The SMILES string of the molecule is [CH3-].[Cl-].[Cl-].[Cl-].[Cl-].[Ta+5]. The van der Waals surface area contributed by atoms with Crippen molar-refractivity contribution in [2.45, 2.75) is 0 Å². The van der Waals surface area contributed by atoms with E-state index in [0.29, 0.717) is 0 Å². The van der Waals surface area contributed by atoms with E-state index in [9.17, 15) is 0 Å². The molecule has 0 saturated heterocycles. The Hall–Kier alpha value is 1.90. The van der Waals surface area contributed by atoms with Crippen LogP contribution in [0, 0.1) is 7.43 Å². The molecule has 0 N–H and O–H groups in total. The Morgan fingerprint density at radius 1 is 0.500 bits per heavy atom. The predicted molar refractivity (Wildman–Crippen MR) is 6.41 cm³/mol. The number of hydrogen-bond acceptors (Lipinski definition) is 0. The van der Waals surface area contributed by atoms with E-state index in [1.165, 1.54) is 0 Å². The third-order valence-corrected chi connectivity index (χ3v) is 0. The number of halogens is 4. The Bertz CT molecular complexity index is 7.51. The summed E-state index contributed by atoms with van der Waals surface area (Å²) in [6, 6.07) is 0. The Morgan fingerprint density at radius 2 is 0.500 bits per heavy atom. The topological polar surface area (TPSA) is 0 Å². The molecule has 0 amide bonds. The van der Waals surface area contributed by atoms with Gasteiger partial charge in [0.1, 0.15) is 0 Å². The van der Waals surface area contributed by atoms with Crippen LogP contribution in [-0.4, -0.2) is 0 Å². The average Bonchev–Trinajstić information content (AvgIpc) is 0. The molecule has 0 aliphatic heterocycles. The molecule has 0 heterocycles. The van der Waals surface area contributed by atoms with Crippen LogP contribution in [0.5, 0.6) is 0 Å². The Kier molecular flexibility index (Phi) is 1150. The summed E-state index contributed by atoms with van der Waals surface area (Å²) in [7, 11) is 0. The van der Waals surface area contributed by atoms with E-state index in [1.54, 1.807) is 0 Å². The zero-order valence-electron chi connectivity index (χ0n) is 2.96. The second-order valence-corrected chi connectivity index (χ2v) is 0. The molecule has 6 heavy (non-hydrogen) atoms. The van der Waals surface area contributed by atoms with Crippen LogP contribution in [0.4, 0.5) is 0 Å². The van der Waals surface area contributed by atoms with Crippen LogP contribution in [0.1, 0.15) is 0 Å². The van der Waals surface area contributed by atoms with Crippen molar-refractivity contribution in [3.63, 3.8) is 0 Å². The molecule has 0 spiro atoms. The first kappa shape index (κ1) is 104. The third kappa shape index (κ3) is 39.2. The second-order valence-electron chi connectivity index (χ2n) is 0. The van der Waals surface area contributed by atoms with Gasteiger partial charge in [0, 0.05) is 0 Å². The Balaban J connectivity index is 0. The van der Waals surface area contributed by atoms with Crippen molar-refractivity contribution in [1.29, 1.82) is 0 Å². The molecular formula is CH3Cl4Ta. The van der Waals surface area contributed by atoms with Crippen molar-refractivity contribution < 1.29 is 72.0 Å². The summed E-state index contributed by atoms with van der Waals surface area (Å²) in [5, 5.41) is 0. The summed E-state index contributed by atoms with van der Waals surface area (Å²) in [5.74, 6) is 0. The van der Waals surface area contributed by atoms with Gasteiger partial charge < -0.3 is 57.1 Å². The molecule has 0 atom stereocenters. The van der Waals surface area contributed by atoms with Crippen LogP contribution < -0.4 is 49.6 Å². The van der Waals surface area contributed by atoms with Gasteiger partial charge in [0.2, 0.25) is 0 Å². The molecule has 0 aliphatic rings. The summed E-state index contributed by atoms with van der Waals surface area (Å²) in [4.78, 5) is 0. The third-order valence-electron chi connectivity index (χ3n) is 0. The van der Waals surface area contributed by atoms with Crippen LogP contribution in [-0.2, 0) is 22.4 Å². The van der Waals surface area contributed by atoms with E-state index in [4.69, 9.17) is 0 Å².